The monoisotopic (exact) mass is 505 g/mol. The smallest absolute Gasteiger partial charge is 0.310 e. The number of benzene rings is 1. The molecule has 1 fully saturated rings. The summed E-state index contributed by atoms with van der Waals surface area (Å²) in [5, 5.41) is 2.93. The minimum atomic E-state index is -0.527. The number of nitrogens with zero attached hydrogens (tertiary/aromatic N) is 2. The number of amides is 2. The molecule has 2 amide bonds. The molecule has 0 bridgehead atoms. The van der Waals surface area contributed by atoms with E-state index in [-0.39, 0.29) is 24.2 Å². The number of unbranched alkanes of at least 4 members (excludes halogenated alkanes) is 1. The molecule has 198 valence electrons. The van der Waals surface area contributed by atoms with Crippen LogP contribution in [0.4, 0.5) is 0 Å². The van der Waals surface area contributed by atoms with E-state index in [1.807, 2.05) is 56.0 Å². The van der Waals surface area contributed by atoms with Crippen molar-refractivity contribution in [3.05, 3.63) is 71.6 Å². The van der Waals surface area contributed by atoms with Gasteiger partial charge in [0, 0.05) is 43.7 Å². The number of pyridine rings is 1. The van der Waals surface area contributed by atoms with E-state index in [0.717, 1.165) is 56.3 Å². The number of carbonyl (C=O) groups is 3. The number of hydrogen-bond acceptors (Lipinski definition) is 5. The minimum absolute atomic E-state index is 0.0199. The second kappa shape index (κ2) is 13.7. The molecular formula is C30H39N3O4. The minimum Gasteiger partial charge on any atom is -0.460 e. The Hall–Kier alpha value is -3.48. The molecule has 7 heteroatoms. The first kappa shape index (κ1) is 28.1. The lowest BCUT2D eigenvalue weighted by Gasteiger charge is -2.32. The number of nitrogens with one attached hydrogen (secondary N) is 1. The molecule has 2 aromatic rings. The maximum Gasteiger partial charge on any atom is 0.310 e. The molecule has 1 aliphatic rings. The van der Waals surface area contributed by atoms with Crippen molar-refractivity contribution in [3.63, 3.8) is 0 Å². The number of esters is 1. The lowest BCUT2D eigenvalue weighted by atomic mass is 9.91. The predicted octanol–water partition coefficient (Wildman–Crippen LogP) is 4.82. The zero-order valence-electron chi connectivity index (χ0n) is 22.2. The molecule has 1 saturated heterocycles. The van der Waals surface area contributed by atoms with Gasteiger partial charge in [-0.1, -0.05) is 31.0 Å². The topological polar surface area (TPSA) is 88.6 Å². The Labute approximate surface area is 220 Å². The van der Waals surface area contributed by atoms with Crippen LogP contribution in [0.15, 0.2) is 54.9 Å². The highest BCUT2D eigenvalue weighted by Crippen LogP contribution is 2.24. The van der Waals surface area contributed by atoms with Crippen LogP contribution in [0.5, 0.6) is 0 Å². The van der Waals surface area contributed by atoms with Crippen LogP contribution in [0.3, 0.4) is 0 Å². The summed E-state index contributed by atoms with van der Waals surface area (Å²) in [5.41, 5.74) is 1.78. The van der Waals surface area contributed by atoms with Gasteiger partial charge in [-0.25, -0.2) is 0 Å². The van der Waals surface area contributed by atoms with Crippen LogP contribution in [-0.4, -0.2) is 52.9 Å². The van der Waals surface area contributed by atoms with Crippen LogP contribution in [-0.2, 0) is 20.7 Å². The van der Waals surface area contributed by atoms with Gasteiger partial charge in [0.05, 0.1) is 6.42 Å². The molecule has 1 aromatic heterocycles. The molecule has 7 nitrogen and oxygen atoms in total. The van der Waals surface area contributed by atoms with E-state index < -0.39 is 5.60 Å². The standard InChI is InChI=1S/C30H39N3O4/c1-30(2,3)37-28(35)21-25-9-6-11-26(20-25)29(36)33-18-14-23(15-19-33)8-4-5-17-32-27(34)13-12-24-10-7-16-31-22-24/h6-7,9-13,16,20,22-23H,4-5,8,14-15,17-19,21H2,1-3H3,(H,32,34)/b13-12+. The highest BCUT2D eigenvalue weighted by atomic mass is 16.6. The van der Waals surface area contributed by atoms with Crippen molar-refractivity contribution in [1.82, 2.24) is 15.2 Å². The number of rotatable bonds is 10. The summed E-state index contributed by atoms with van der Waals surface area (Å²) in [6, 6.07) is 11.0. The van der Waals surface area contributed by atoms with E-state index in [1.54, 1.807) is 24.5 Å². The number of aromatic nitrogens is 1. The molecule has 1 N–H and O–H groups in total. The third kappa shape index (κ3) is 10.2. The van der Waals surface area contributed by atoms with Gasteiger partial charge in [-0.05, 0) is 81.4 Å². The average molecular weight is 506 g/mol. The summed E-state index contributed by atoms with van der Waals surface area (Å²) in [7, 11) is 0. The fourth-order valence-corrected chi connectivity index (χ4v) is 4.44. The molecule has 0 aliphatic carbocycles. The van der Waals surface area contributed by atoms with Crippen molar-refractivity contribution in [1.29, 1.82) is 0 Å². The normalized spacial score (nSPS) is 14.5. The summed E-state index contributed by atoms with van der Waals surface area (Å²) in [5.74, 6) is 0.236. The first-order chi connectivity index (χ1) is 17.7. The van der Waals surface area contributed by atoms with E-state index in [4.69, 9.17) is 4.74 Å². The Morgan fingerprint density at radius 1 is 1.11 bits per heavy atom. The lowest BCUT2D eigenvalue weighted by molar-refractivity contribution is -0.153. The fraction of sp³-hybridized carbons (Fsp3) is 0.467. The van der Waals surface area contributed by atoms with Gasteiger partial charge in [0.25, 0.3) is 5.91 Å². The molecule has 1 aromatic carbocycles. The van der Waals surface area contributed by atoms with Gasteiger partial charge < -0.3 is 15.0 Å². The molecule has 0 atom stereocenters. The Bertz CT molecular complexity index is 1070. The molecule has 3 rings (SSSR count). The van der Waals surface area contributed by atoms with Gasteiger partial charge in [-0.2, -0.15) is 0 Å². The van der Waals surface area contributed by atoms with Crippen molar-refractivity contribution in [2.75, 3.05) is 19.6 Å². The Morgan fingerprint density at radius 2 is 1.89 bits per heavy atom. The lowest BCUT2D eigenvalue weighted by Crippen LogP contribution is -2.38. The molecule has 0 saturated carbocycles. The number of likely N-dealkylation sites (tertiary alicyclic amines) is 1. The summed E-state index contributed by atoms with van der Waals surface area (Å²) in [4.78, 5) is 43.1. The van der Waals surface area contributed by atoms with Crippen molar-refractivity contribution >= 4 is 23.9 Å². The van der Waals surface area contributed by atoms with Gasteiger partial charge in [-0.3, -0.25) is 19.4 Å². The Morgan fingerprint density at radius 3 is 2.59 bits per heavy atom. The van der Waals surface area contributed by atoms with E-state index in [9.17, 15) is 14.4 Å². The van der Waals surface area contributed by atoms with Crippen molar-refractivity contribution in [3.8, 4) is 0 Å². The SMILES string of the molecule is CC(C)(C)OC(=O)Cc1cccc(C(=O)N2CCC(CCCCNC(=O)/C=C/c3cccnc3)CC2)c1. The van der Waals surface area contributed by atoms with Crippen LogP contribution in [0.25, 0.3) is 6.08 Å². The number of hydrogen-bond donors (Lipinski definition) is 1. The second-order valence-electron chi connectivity index (χ2n) is 10.6. The molecule has 37 heavy (non-hydrogen) atoms. The molecule has 2 heterocycles. The molecule has 1 aliphatic heterocycles. The van der Waals surface area contributed by atoms with E-state index in [2.05, 4.69) is 10.3 Å². The van der Waals surface area contributed by atoms with Crippen LogP contribution in [0, 0.1) is 5.92 Å². The highest BCUT2D eigenvalue weighted by molar-refractivity contribution is 5.94. The summed E-state index contributed by atoms with van der Waals surface area (Å²) in [6.45, 7) is 7.68. The van der Waals surface area contributed by atoms with Gasteiger partial charge in [-0.15, -0.1) is 0 Å². The largest absolute Gasteiger partial charge is 0.460 e. The van der Waals surface area contributed by atoms with Crippen LogP contribution in [0.1, 0.15) is 74.4 Å². The van der Waals surface area contributed by atoms with Crippen molar-refractivity contribution in [2.45, 2.75) is 64.9 Å². The van der Waals surface area contributed by atoms with Crippen molar-refractivity contribution < 1.29 is 19.1 Å². The predicted molar refractivity (Wildman–Crippen MR) is 145 cm³/mol. The van der Waals surface area contributed by atoms with Crippen LogP contribution < -0.4 is 5.32 Å². The number of piperidine rings is 1. The molecule has 0 radical (unpaired) electrons. The number of ether oxygens (including phenoxy) is 1. The fourth-order valence-electron chi connectivity index (χ4n) is 4.44. The van der Waals surface area contributed by atoms with Crippen LogP contribution in [0.2, 0.25) is 0 Å². The summed E-state index contributed by atoms with van der Waals surface area (Å²) in [6.07, 6.45) is 11.9. The second-order valence-corrected chi connectivity index (χ2v) is 10.6. The van der Waals surface area contributed by atoms with Gasteiger partial charge in [0.15, 0.2) is 0 Å². The average Bonchev–Trinajstić information content (AvgIpc) is 2.87. The molecule has 0 spiro atoms. The van der Waals surface area contributed by atoms with E-state index in [1.165, 1.54) is 6.08 Å². The summed E-state index contributed by atoms with van der Waals surface area (Å²) >= 11 is 0. The maximum atomic E-state index is 13.0. The third-order valence-corrected chi connectivity index (χ3v) is 6.29. The molecular weight excluding hydrogens is 466 g/mol. The van der Waals surface area contributed by atoms with E-state index >= 15 is 0 Å². The third-order valence-electron chi connectivity index (χ3n) is 6.29. The van der Waals surface area contributed by atoms with Crippen molar-refractivity contribution in [2.24, 2.45) is 5.92 Å². The quantitative estimate of drug-likeness (QED) is 0.284. The Kier molecular flexibility index (Phi) is 10.4. The Balaban J connectivity index is 1.33. The first-order valence-corrected chi connectivity index (χ1v) is 13.2. The number of carbonyl (C=O) groups excluding carboxylic acids is 3. The zero-order valence-corrected chi connectivity index (χ0v) is 22.2. The van der Waals surface area contributed by atoms with Crippen LogP contribution >= 0.6 is 0 Å². The highest BCUT2D eigenvalue weighted by Gasteiger charge is 2.24. The van der Waals surface area contributed by atoms with E-state index in [0.29, 0.717) is 18.0 Å². The summed E-state index contributed by atoms with van der Waals surface area (Å²) < 4.78 is 5.40. The van der Waals surface area contributed by atoms with Gasteiger partial charge in [0.2, 0.25) is 5.91 Å². The maximum absolute atomic E-state index is 13.0. The van der Waals surface area contributed by atoms with Gasteiger partial charge >= 0.3 is 5.97 Å². The first-order valence-electron chi connectivity index (χ1n) is 13.2. The molecule has 0 unspecified atom stereocenters. The zero-order chi connectivity index (χ0) is 26.7. The van der Waals surface area contributed by atoms with Gasteiger partial charge in [0.1, 0.15) is 5.60 Å².